The van der Waals surface area contributed by atoms with Gasteiger partial charge in [-0.25, -0.2) is 0 Å². The molecule has 1 heterocycles. The van der Waals surface area contributed by atoms with Gasteiger partial charge in [0.15, 0.2) is 0 Å². The van der Waals surface area contributed by atoms with Crippen molar-refractivity contribution in [3.63, 3.8) is 0 Å². The molecule has 0 aromatic carbocycles. The molecule has 0 amide bonds. The molecule has 0 aromatic rings. The summed E-state index contributed by atoms with van der Waals surface area (Å²) in [7, 11) is 0. The van der Waals surface area contributed by atoms with Crippen molar-refractivity contribution in [3.8, 4) is 0 Å². The van der Waals surface area contributed by atoms with Gasteiger partial charge in [-0.05, 0) is 32.9 Å². The number of rotatable bonds is 1. The summed E-state index contributed by atoms with van der Waals surface area (Å²) >= 11 is 0. The van der Waals surface area contributed by atoms with E-state index >= 15 is 0 Å². The van der Waals surface area contributed by atoms with Crippen LogP contribution in [0, 0.1) is 0 Å². The van der Waals surface area contributed by atoms with Gasteiger partial charge in [0.2, 0.25) is 0 Å². The second-order valence-electron chi connectivity index (χ2n) is 3.25. The fourth-order valence-corrected chi connectivity index (χ4v) is 1.07. The Labute approximate surface area is 56.2 Å². The van der Waals surface area contributed by atoms with Crippen LogP contribution in [0.15, 0.2) is 4.99 Å². The molecular formula is C7H14N2. The van der Waals surface area contributed by atoms with E-state index in [1.54, 1.807) is 0 Å². The predicted molar refractivity (Wildman–Crippen MR) is 39.8 cm³/mol. The van der Waals surface area contributed by atoms with Crippen LogP contribution in [0.25, 0.3) is 0 Å². The molecule has 0 bridgehead atoms. The van der Waals surface area contributed by atoms with E-state index in [9.17, 15) is 0 Å². The first-order valence-electron chi connectivity index (χ1n) is 3.41. The maximum absolute atomic E-state index is 5.83. The van der Waals surface area contributed by atoms with Gasteiger partial charge in [-0.3, -0.25) is 4.99 Å². The molecular weight excluding hydrogens is 112 g/mol. The topological polar surface area (TPSA) is 38.4 Å². The fourth-order valence-electron chi connectivity index (χ4n) is 1.07. The second-order valence-corrected chi connectivity index (χ2v) is 3.25. The molecule has 1 rings (SSSR count). The highest BCUT2D eigenvalue weighted by atomic mass is 14.9. The minimum atomic E-state index is -0.118. The number of nitrogens with zero attached hydrogens (tertiary/aromatic N) is 1. The van der Waals surface area contributed by atoms with E-state index in [2.05, 4.69) is 4.99 Å². The number of hydrogen-bond acceptors (Lipinski definition) is 2. The highest BCUT2D eigenvalue weighted by Gasteiger charge is 2.25. The van der Waals surface area contributed by atoms with Crippen molar-refractivity contribution < 1.29 is 0 Å². The van der Waals surface area contributed by atoms with Crippen molar-refractivity contribution in [2.24, 2.45) is 10.7 Å². The Morgan fingerprint density at radius 2 is 2.33 bits per heavy atom. The van der Waals surface area contributed by atoms with Crippen molar-refractivity contribution >= 4 is 6.21 Å². The monoisotopic (exact) mass is 126 g/mol. The van der Waals surface area contributed by atoms with Crippen molar-refractivity contribution in [2.45, 2.75) is 38.3 Å². The largest absolute Gasteiger partial charge is 0.324 e. The molecule has 0 aliphatic carbocycles. The third-order valence-corrected chi connectivity index (χ3v) is 1.71. The minimum absolute atomic E-state index is 0.118. The van der Waals surface area contributed by atoms with Crippen molar-refractivity contribution in [2.75, 3.05) is 0 Å². The van der Waals surface area contributed by atoms with Gasteiger partial charge in [0.1, 0.15) is 0 Å². The molecule has 1 aliphatic heterocycles. The van der Waals surface area contributed by atoms with E-state index in [1.807, 2.05) is 20.1 Å². The van der Waals surface area contributed by atoms with E-state index < -0.39 is 0 Å². The summed E-state index contributed by atoms with van der Waals surface area (Å²) in [6, 6.07) is 0.359. The van der Waals surface area contributed by atoms with Gasteiger partial charge in [-0.1, -0.05) is 0 Å². The van der Waals surface area contributed by atoms with Gasteiger partial charge in [0, 0.05) is 5.54 Å². The first-order valence-corrected chi connectivity index (χ1v) is 3.41. The lowest BCUT2D eigenvalue weighted by molar-refractivity contribution is 0.410. The Morgan fingerprint density at radius 1 is 1.67 bits per heavy atom. The van der Waals surface area contributed by atoms with Crippen LogP contribution >= 0.6 is 0 Å². The smallest absolute Gasteiger partial charge is 0.0673 e. The van der Waals surface area contributed by atoms with Crippen LogP contribution in [0.5, 0.6) is 0 Å². The van der Waals surface area contributed by atoms with Gasteiger partial charge in [0.25, 0.3) is 0 Å². The highest BCUT2D eigenvalue weighted by Crippen LogP contribution is 2.18. The SMILES string of the molecule is CC(C)(N)C1CCC=N1. The summed E-state index contributed by atoms with van der Waals surface area (Å²) < 4.78 is 0. The van der Waals surface area contributed by atoms with E-state index in [1.165, 1.54) is 0 Å². The second kappa shape index (κ2) is 2.10. The maximum atomic E-state index is 5.83. The average Bonchev–Trinajstić information content (AvgIpc) is 2.08. The molecule has 1 aliphatic rings. The number of nitrogens with two attached hydrogens (primary N) is 1. The molecule has 0 spiro atoms. The highest BCUT2D eigenvalue weighted by molar-refractivity contribution is 5.60. The van der Waals surface area contributed by atoms with Crippen LogP contribution in [-0.2, 0) is 0 Å². The molecule has 9 heavy (non-hydrogen) atoms. The summed E-state index contributed by atoms with van der Waals surface area (Å²) in [6.45, 7) is 4.06. The Balaban J connectivity index is 2.53. The number of aliphatic imine (C=N–C) groups is 1. The predicted octanol–water partition coefficient (Wildman–Crippen LogP) is 0.957. The number of hydrogen-bond donors (Lipinski definition) is 1. The summed E-state index contributed by atoms with van der Waals surface area (Å²) in [4.78, 5) is 4.26. The van der Waals surface area contributed by atoms with Gasteiger partial charge < -0.3 is 5.73 Å². The Hall–Kier alpha value is -0.370. The molecule has 0 saturated carbocycles. The third-order valence-electron chi connectivity index (χ3n) is 1.71. The molecule has 52 valence electrons. The average molecular weight is 126 g/mol. The molecule has 1 unspecified atom stereocenters. The van der Waals surface area contributed by atoms with Crippen molar-refractivity contribution in [3.05, 3.63) is 0 Å². The fraction of sp³-hybridized carbons (Fsp3) is 0.857. The van der Waals surface area contributed by atoms with Crippen LogP contribution in [0.1, 0.15) is 26.7 Å². The Morgan fingerprint density at radius 3 is 2.56 bits per heavy atom. The van der Waals surface area contributed by atoms with Gasteiger partial charge >= 0.3 is 0 Å². The van der Waals surface area contributed by atoms with Gasteiger partial charge in [0.05, 0.1) is 6.04 Å². The maximum Gasteiger partial charge on any atom is 0.0673 e. The van der Waals surface area contributed by atoms with Crippen LogP contribution in [-0.4, -0.2) is 17.8 Å². The van der Waals surface area contributed by atoms with E-state index in [4.69, 9.17) is 5.73 Å². The van der Waals surface area contributed by atoms with E-state index in [-0.39, 0.29) is 5.54 Å². The Bertz CT molecular complexity index is 121. The molecule has 0 saturated heterocycles. The van der Waals surface area contributed by atoms with Crippen LogP contribution in [0.4, 0.5) is 0 Å². The normalized spacial score (nSPS) is 27.2. The van der Waals surface area contributed by atoms with Crippen molar-refractivity contribution in [1.29, 1.82) is 0 Å². The lowest BCUT2D eigenvalue weighted by Gasteiger charge is -2.23. The van der Waals surface area contributed by atoms with Gasteiger partial charge in [-0.15, -0.1) is 0 Å². The van der Waals surface area contributed by atoms with E-state index in [0.717, 1.165) is 12.8 Å². The summed E-state index contributed by atoms with van der Waals surface area (Å²) in [6.07, 6.45) is 4.20. The Kier molecular flexibility index (Phi) is 1.58. The molecule has 2 heteroatoms. The first-order chi connectivity index (χ1) is 4.11. The summed E-state index contributed by atoms with van der Waals surface area (Å²) in [5.74, 6) is 0. The lowest BCUT2D eigenvalue weighted by Crippen LogP contribution is -2.42. The quantitative estimate of drug-likeness (QED) is 0.558. The van der Waals surface area contributed by atoms with Crippen LogP contribution in [0.3, 0.4) is 0 Å². The van der Waals surface area contributed by atoms with E-state index in [0.29, 0.717) is 6.04 Å². The standard InChI is InChI=1S/C7H14N2/c1-7(2,8)6-4-3-5-9-6/h5-6H,3-4,8H2,1-2H3. The lowest BCUT2D eigenvalue weighted by atomic mass is 9.95. The zero-order valence-electron chi connectivity index (χ0n) is 6.09. The van der Waals surface area contributed by atoms with Crippen molar-refractivity contribution in [1.82, 2.24) is 0 Å². The molecule has 0 fully saturated rings. The zero-order valence-corrected chi connectivity index (χ0v) is 6.09. The molecule has 0 radical (unpaired) electrons. The summed E-state index contributed by atoms with van der Waals surface area (Å²) in [5.41, 5.74) is 5.71. The molecule has 2 N–H and O–H groups in total. The zero-order chi connectivity index (χ0) is 6.91. The molecule has 2 nitrogen and oxygen atoms in total. The molecule has 1 atom stereocenters. The van der Waals surface area contributed by atoms with Crippen LogP contribution in [0.2, 0.25) is 0 Å². The minimum Gasteiger partial charge on any atom is -0.324 e. The summed E-state index contributed by atoms with van der Waals surface area (Å²) in [5, 5.41) is 0. The first kappa shape index (κ1) is 6.75. The third kappa shape index (κ3) is 1.52. The van der Waals surface area contributed by atoms with Crippen LogP contribution < -0.4 is 5.73 Å². The van der Waals surface area contributed by atoms with Gasteiger partial charge in [-0.2, -0.15) is 0 Å². The molecule has 0 aromatic heterocycles.